The number of amides is 1. The topological polar surface area (TPSA) is 38.1 Å². The Morgan fingerprint density at radius 1 is 1.52 bits per heavy atom. The van der Waals surface area contributed by atoms with Gasteiger partial charge in [0.2, 0.25) is 0 Å². The first kappa shape index (κ1) is 15.2. The molecule has 1 aromatic heterocycles. The maximum Gasteiger partial charge on any atom is 0.250 e. The van der Waals surface area contributed by atoms with Crippen molar-refractivity contribution >= 4 is 23.2 Å². The van der Waals surface area contributed by atoms with Crippen LogP contribution in [0.15, 0.2) is 37.1 Å². The summed E-state index contributed by atoms with van der Waals surface area (Å²) in [5.41, 5.74) is 0.334. The van der Waals surface area contributed by atoms with E-state index in [-0.39, 0.29) is 12.2 Å². The van der Waals surface area contributed by atoms with Crippen LogP contribution in [-0.4, -0.2) is 15.7 Å². The number of carbonyl (C=O) groups is 1. The van der Waals surface area contributed by atoms with Gasteiger partial charge in [-0.1, -0.05) is 18.2 Å². The molecule has 4 nitrogen and oxygen atoms in total. The minimum atomic E-state index is -0.850. The summed E-state index contributed by atoms with van der Waals surface area (Å²) in [5, 5.41) is 4.45. The van der Waals surface area contributed by atoms with Gasteiger partial charge < -0.3 is 0 Å². The van der Waals surface area contributed by atoms with Gasteiger partial charge in [-0.3, -0.25) is 14.4 Å². The van der Waals surface area contributed by atoms with Gasteiger partial charge in [-0.15, -0.1) is 0 Å². The molecule has 1 amide bonds. The Balaban J connectivity index is 2.41. The van der Waals surface area contributed by atoms with E-state index in [1.54, 1.807) is 13.2 Å². The molecule has 0 aliphatic carbocycles. The summed E-state index contributed by atoms with van der Waals surface area (Å²) >= 11 is 5.99. The summed E-state index contributed by atoms with van der Waals surface area (Å²) in [7, 11) is 1.67. The predicted octanol–water partition coefficient (Wildman–Crippen LogP) is 3.07. The molecule has 0 saturated carbocycles. The van der Waals surface area contributed by atoms with Gasteiger partial charge in [-0.05, 0) is 18.2 Å². The van der Waals surface area contributed by atoms with E-state index in [1.165, 1.54) is 10.7 Å². The lowest BCUT2D eigenvalue weighted by atomic mass is 10.2. The van der Waals surface area contributed by atoms with Crippen LogP contribution in [0, 0.1) is 11.6 Å². The molecule has 0 N–H and O–H groups in total. The highest BCUT2D eigenvalue weighted by atomic mass is 35.5. The van der Waals surface area contributed by atoms with Crippen LogP contribution in [0.25, 0.3) is 0 Å². The van der Waals surface area contributed by atoms with Crippen LogP contribution < -0.4 is 4.90 Å². The van der Waals surface area contributed by atoms with Gasteiger partial charge in [0.15, 0.2) is 0 Å². The second-order valence-corrected chi connectivity index (χ2v) is 4.73. The second kappa shape index (κ2) is 6.05. The van der Waals surface area contributed by atoms with Crippen LogP contribution in [0.3, 0.4) is 0 Å². The summed E-state index contributed by atoms with van der Waals surface area (Å²) < 4.78 is 28.3. The maximum absolute atomic E-state index is 13.9. The molecule has 0 bridgehead atoms. The first-order chi connectivity index (χ1) is 9.92. The molecule has 21 heavy (non-hydrogen) atoms. The molecule has 1 heterocycles. The molecule has 2 aromatic rings. The Kier molecular flexibility index (Phi) is 4.37. The lowest BCUT2D eigenvalue weighted by Crippen LogP contribution is -2.29. The van der Waals surface area contributed by atoms with Crippen molar-refractivity contribution in [1.29, 1.82) is 0 Å². The second-order valence-electron chi connectivity index (χ2n) is 4.32. The molecule has 0 aliphatic rings. The van der Waals surface area contributed by atoms with Crippen molar-refractivity contribution in [2.45, 2.75) is 6.54 Å². The Morgan fingerprint density at radius 3 is 2.76 bits per heavy atom. The Labute approximate surface area is 125 Å². The van der Waals surface area contributed by atoms with E-state index < -0.39 is 17.5 Å². The fraction of sp³-hybridized carbons (Fsp3) is 0.143. The average Bonchev–Trinajstić information content (AvgIpc) is 2.74. The van der Waals surface area contributed by atoms with E-state index in [9.17, 15) is 13.6 Å². The number of nitrogens with zero attached hydrogens (tertiary/aromatic N) is 3. The van der Waals surface area contributed by atoms with E-state index >= 15 is 0 Å². The molecule has 0 radical (unpaired) electrons. The van der Waals surface area contributed by atoms with Gasteiger partial charge in [0.25, 0.3) is 5.91 Å². The van der Waals surface area contributed by atoms with Gasteiger partial charge in [-0.2, -0.15) is 5.10 Å². The van der Waals surface area contributed by atoms with Crippen molar-refractivity contribution < 1.29 is 13.6 Å². The highest BCUT2D eigenvalue weighted by Gasteiger charge is 2.20. The summed E-state index contributed by atoms with van der Waals surface area (Å²) in [6.07, 6.45) is 2.61. The molecule has 0 aliphatic heterocycles. The number of halogens is 3. The van der Waals surface area contributed by atoms with E-state index in [4.69, 9.17) is 11.6 Å². The van der Waals surface area contributed by atoms with Crippen LogP contribution in [-0.2, 0) is 18.4 Å². The number of anilines is 1. The highest BCUT2D eigenvalue weighted by Crippen LogP contribution is 2.24. The van der Waals surface area contributed by atoms with Crippen molar-refractivity contribution in [3.8, 4) is 0 Å². The summed E-state index contributed by atoms with van der Waals surface area (Å²) in [6.45, 7) is 3.33. The lowest BCUT2D eigenvalue weighted by molar-refractivity contribution is -0.114. The molecular weight excluding hydrogens is 300 g/mol. The fourth-order valence-electron chi connectivity index (χ4n) is 1.85. The zero-order chi connectivity index (χ0) is 15.6. The van der Waals surface area contributed by atoms with Crippen molar-refractivity contribution in [3.05, 3.63) is 59.4 Å². The molecule has 1 aromatic carbocycles. The van der Waals surface area contributed by atoms with Gasteiger partial charge in [0.1, 0.15) is 17.3 Å². The number of aryl methyl sites for hydroxylation is 1. The van der Waals surface area contributed by atoms with Crippen LogP contribution in [0.1, 0.15) is 5.69 Å². The fourth-order valence-corrected chi connectivity index (χ4v) is 2.09. The van der Waals surface area contributed by atoms with Crippen LogP contribution >= 0.6 is 11.6 Å². The normalized spacial score (nSPS) is 10.5. The number of carbonyl (C=O) groups excluding carboxylic acids is 1. The molecule has 2 rings (SSSR count). The SMILES string of the molecule is C=CC(=O)N(Cc1nn(C)cc1Cl)c1ccc(F)cc1F. The Morgan fingerprint density at radius 2 is 2.24 bits per heavy atom. The standard InChI is InChI=1S/C14H12ClF2N3O/c1-3-14(21)20(8-12-10(15)7-19(2)18-12)13-5-4-9(16)6-11(13)17/h3-7H,1,8H2,2H3. The first-order valence-corrected chi connectivity index (χ1v) is 6.37. The van der Waals surface area contributed by atoms with Gasteiger partial charge in [-0.25, -0.2) is 8.78 Å². The Bertz CT molecular complexity index is 700. The molecule has 0 saturated heterocycles. The van der Waals surface area contributed by atoms with Gasteiger partial charge >= 0.3 is 0 Å². The van der Waals surface area contributed by atoms with E-state index in [1.807, 2.05) is 0 Å². The van der Waals surface area contributed by atoms with E-state index in [0.29, 0.717) is 16.8 Å². The molecule has 0 spiro atoms. The van der Waals surface area contributed by atoms with Gasteiger partial charge in [0.05, 0.1) is 17.3 Å². The van der Waals surface area contributed by atoms with Crippen LogP contribution in [0.5, 0.6) is 0 Å². The maximum atomic E-state index is 13.9. The number of hydrogen-bond acceptors (Lipinski definition) is 2. The number of rotatable bonds is 4. The van der Waals surface area contributed by atoms with Crippen molar-refractivity contribution in [2.75, 3.05) is 4.90 Å². The van der Waals surface area contributed by atoms with Crippen LogP contribution in [0.2, 0.25) is 5.02 Å². The quantitative estimate of drug-likeness (QED) is 0.814. The zero-order valence-electron chi connectivity index (χ0n) is 11.2. The third-order valence-corrected chi connectivity index (χ3v) is 3.12. The van der Waals surface area contributed by atoms with E-state index in [0.717, 1.165) is 17.0 Å². The molecule has 0 atom stereocenters. The van der Waals surface area contributed by atoms with Crippen LogP contribution in [0.4, 0.5) is 14.5 Å². The molecule has 110 valence electrons. The smallest absolute Gasteiger partial charge is 0.250 e. The Hall–Kier alpha value is -2.21. The molecular formula is C14H12ClF2N3O. The van der Waals surface area contributed by atoms with Crippen molar-refractivity contribution in [1.82, 2.24) is 9.78 Å². The number of benzene rings is 1. The van der Waals surface area contributed by atoms with Crippen molar-refractivity contribution in [2.24, 2.45) is 7.05 Å². The van der Waals surface area contributed by atoms with Crippen molar-refractivity contribution in [3.63, 3.8) is 0 Å². The summed E-state index contributed by atoms with van der Waals surface area (Å²) in [6, 6.07) is 2.96. The zero-order valence-corrected chi connectivity index (χ0v) is 11.9. The highest BCUT2D eigenvalue weighted by molar-refractivity contribution is 6.31. The number of hydrogen-bond donors (Lipinski definition) is 0. The molecule has 0 fully saturated rings. The minimum absolute atomic E-state index is 0.0485. The number of aromatic nitrogens is 2. The van der Waals surface area contributed by atoms with E-state index in [2.05, 4.69) is 11.7 Å². The third kappa shape index (κ3) is 3.28. The lowest BCUT2D eigenvalue weighted by Gasteiger charge is -2.21. The predicted molar refractivity (Wildman–Crippen MR) is 76.0 cm³/mol. The third-order valence-electron chi connectivity index (χ3n) is 2.80. The first-order valence-electron chi connectivity index (χ1n) is 5.99. The molecule has 7 heteroatoms. The van der Waals surface area contributed by atoms with Gasteiger partial charge in [0, 0.05) is 19.3 Å². The minimum Gasteiger partial charge on any atom is -0.300 e. The largest absolute Gasteiger partial charge is 0.300 e. The summed E-state index contributed by atoms with van der Waals surface area (Å²) in [4.78, 5) is 13.0. The molecule has 0 unspecified atom stereocenters. The summed E-state index contributed by atoms with van der Waals surface area (Å²) in [5.74, 6) is -2.11. The monoisotopic (exact) mass is 311 g/mol. The average molecular weight is 312 g/mol.